The number of rotatable bonds is 6. The van der Waals surface area contributed by atoms with E-state index >= 15 is 0 Å². The number of hydrogen-bond acceptors (Lipinski definition) is 3. The normalized spacial score (nSPS) is 19.4. The van der Waals surface area contributed by atoms with E-state index in [-0.39, 0.29) is 6.23 Å². The quantitative estimate of drug-likeness (QED) is 0.822. The Kier molecular flexibility index (Phi) is 4.51. The van der Waals surface area contributed by atoms with Gasteiger partial charge in [0.2, 0.25) is 0 Å². The maximum Gasteiger partial charge on any atom is 0.137 e. The predicted molar refractivity (Wildman–Crippen MR) is 83.2 cm³/mol. The SMILES string of the molecule is NCCCOC(c1cccc2c1C=C2)N1CCCCC1. The lowest BCUT2D eigenvalue weighted by Crippen LogP contribution is -2.36. The van der Waals surface area contributed by atoms with Crippen LogP contribution >= 0.6 is 0 Å². The van der Waals surface area contributed by atoms with Gasteiger partial charge in [-0.1, -0.05) is 36.8 Å². The second-order valence-electron chi connectivity index (χ2n) is 5.65. The molecule has 3 rings (SSSR count). The van der Waals surface area contributed by atoms with Crippen LogP contribution in [0.1, 0.15) is 48.6 Å². The molecule has 20 heavy (non-hydrogen) atoms. The van der Waals surface area contributed by atoms with Gasteiger partial charge in [0.25, 0.3) is 0 Å². The molecule has 1 aromatic carbocycles. The Morgan fingerprint density at radius 3 is 2.70 bits per heavy atom. The summed E-state index contributed by atoms with van der Waals surface area (Å²) in [5.74, 6) is 0. The van der Waals surface area contributed by atoms with E-state index in [1.54, 1.807) is 0 Å². The summed E-state index contributed by atoms with van der Waals surface area (Å²) >= 11 is 0. The highest BCUT2D eigenvalue weighted by Crippen LogP contribution is 2.35. The molecule has 1 fully saturated rings. The number of likely N-dealkylation sites (tertiary alicyclic amines) is 1. The molecule has 2 aliphatic rings. The van der Waals surface area contributed by atoms with Gasteiger partial charge in [0.05, 0.1) is 6.61 Å². The molecule has 1 atom stereocenters. The molecule has 1 unspecified atom stereocenters. The molecule has 108 valence electrons. The van der Waals surface area contributed by atoms with Crippen LogP contribution in [0.15, 0.2) is 18.2 Å². The molecule has 1 aliphatic carbocycles. The fourth-order valence-corrected chi connectivity index (χ4v) is 3.05. The minimum atomic E-state index is 0.0988. The van der Waals surface area contributed by atoms with E-state index in [0.29, 0.717) is 6.54 Å². The number of benzene rings is 1. The minimum absolute atomic E-state index is 0.0988. The molecule has 2 N–H and O–H groups in total. The number of fused-ring (bicyclic) bond motifs is 1. The van der Waals surface area contributed by atoms with Crippen molar-refractivity contribution in [1.82, 2.24) is 4.90 Å². The number of piperidine rings is 1. The van der Waals surface area contributed by atoms with Gasteiger partial charge in [0.1, 0.15) is 6.23 Å². The van der Waals surface area contributed by atoms with Gasteiger partial charge in [0.15, 0.2) is 0 Å². The smallest absolute Gasteiger partial charge is 0.137 e. The maximum absolute atomic E-state index is 6.19. The third kappa shape index (κ3) is 2.80. The average molecular weight is 272 g/mol. The van der Waals surface area contributed by atoms with Crippen LogP contribution in [-0.4, -0.2) is 31.1 Å². The first kappa shape index (κ1) is 13.8. The summed E-state index contributed by atoms with van der Waals surface area (Å²) in [5, 5.41) is 0. The molecule has 0 radical (unpaired) electrons. The summed E-state index contributed by atoms with van der Waals surface area (Å²) in [5.41, 5.74) is 9.61. The summed E-state index contributed by atoms with van der Waals surface area (Å²) in [6.07, 6.45) is 9.30. The Labute approximate surface area is 121 Å². The fourth-order valence-electron chi connectivity index (χ4n) is 3.05. The second kappa shape index (κ2) is 6.53. The van der Waals surface area contributed by atoms with Crippen molar-refractivity contribution in [2.24, 2.45) is 5.73 Å². The monoisotopic (exact) mass is 272 g/mol. The van der Waals surface area contributed by atoms with Gasteiger partial charge in [0, 0.05) is 18.7 Å². The van der Waals surface area contributed by atoms with Crippen molar-refractivity contribution >= 4 is 12.2 Å². The molecule has 0 spiro atoms. The zero-order chi connectivity index (χ0) is 13.8. The van der Waals surface area contributed by atoms with Crippen LogP contribution in [0.3, 0.4) is 0 Å². The van der Waals surface area contributed by atoms with E-state index < -0.39 is 0 Å². The van der Waals surface area contributed by atoms with Crippen LogP contribution in [0.4, 0.5) is 0 Å². The number of nitrogens with two attached hydrogens (primary N) is 1. The minimum Gasteiger partial charge on any atom is -0.359 e. The Morgan fingerprint density at radius 1 is 1.15 bits per heavy atom. The van der Waals surface area contributed by atoms with Crippen molar-refractivity contribution in [2.45, 2.75) is 31.9 Å². The lowest BCUT2D eigenvalue weighted by atomic mass is 9.91. The summed E-state index contributed by atoms with van der Waals surface area (Å²) < 4.78 is 6.19. The van der Waals surface area contributed by atoms with Gasteiger partial charge in [-0.05, 0) is 36.9 Å². The van der Waals surface area contributed by atoms with Crippen LogP contribution in [0.25, 0.3) is 12.2 Å². The largest absolute Gasteiger partial charge is 0.359 e. The lowest BCUT2D eigenvalue weighted by molar-refractivity contribution is -0.0704. The Balaban J connectivity index is 1.79. The van der Waals surface area contributed by atoms with E-state index in [1.165, 1.54) is 36.0 Å². The highest BCUT2D eigenvalue weighted by atomic mass is 16.5. The molecule has 1 aromatic rings. The van der Waals surface area contributed by atoms with Crippen molar-refractivity contribution < 1.29 is 4.74 Å². The molecule has 3 nitrogen and oxygen atoms in total. The standard InChI is InChI=1S/C17H24N2O/c18-10-5-13-20-17(19-11-2-1-3-12-19)16-7-4-6-14-8-9-15(14)16/h4,6-9,17H,1-3,5,10-13,18H2. The van der Waals surface area contributed by atoms with Gasteiger partial charge in [-0.15, -0.1) is 0 Å². The van der Waals surface area contributed by atoms with Crippen LogP contribution < -0.4 is 5.73 Å². The van der Waals surface area contributed by atoms with Crippen LogP contribution in [0, 0.1) is 0 Å². The fraction of sp³-hybridized carbons (Fsp3) is 0.529. The van der Waals surface area contributed by atoms with E-state index in [9.17, 15) is 0 Å². The van der Waals surface area contributed by atoms with Gasteiger partial charge >= 0.3 is 0 Å². The van der Waals surface area contributed by atoms with Crippen molar-refractivity contribution in [3.8, 4) is 0 Å². The van der Waals surface area contributed by atoms with Crippen LogP contribution in [0.5, 0.6) is 0 Å². The lowest BCUT2D eigenvalue weighted by Gasteiger charge is -2.36. The molecule has 1 saturated heterocycles. The Hall–Kier alpha value is -1.16. The number of nitrogens with zero attached hydrogens (tertiary/aromatic N) is 1. The second-order valence-corrected chi connectivity index (χ2v) is 5.65. The topological polar surface area (TPSA) is 38.5 Å². The summed E-state index contributed by atoms with van der Waals surface area (Å²) in [4.78, 5) is 2.49. The van der Waals surface area contributed by atoms with E-state index in [4.69, 9.17) is 10.5 Å². The third-order valence-electron chi connectivity index (χ3n) is 4.22. The summed E-state index contributed by atoms with van der Waals surface area (Å²) in [6, 6.07) is 6.52. The van der Waals surface area contributed by atoms with E-state index in [1.807, 2.05) is 0 Å². The van der Waals surface area contributed by atoms with Crippen molar-refractivity contribution in [2.75, 3.05) is 26.2 Å². The Bertz CT molecular complexity index is 478. The number of hydrogen-bond donors (Lipinski definition) is 1. The van der Waals surface area contributed by atoms with Crippen molar-refractivity contribution in [1.29, 1.82) is 0 Å². The van der Waals surface area contributed by atoms with Gasteiger partial charge in [-0.25, -0.2) is 0 Å². The van der Waals surface area contributed by atoms with Crippen molar-refractivity contribution in [3.05, 3.63) is 34.9 Å². The molecule has 0 aromatic heterocycles. The Morgan fingerprint density at radius 2 is 2.00 bits per heavy atom. The molecule has 0 bridgehead atoms. The van der Waals surface area contributed by atoms with Crippen LogP contribution in [-0.2, 0) is 4.74 Å². The highest BCUT2D eigenvalue weighted by Gasteiger charge is 2.26. The molecular formula is C17H24N2O. The highest BCUT2D eigenvalue weighted by molar-refractivity contribution is 5.87. The predicted octanol–water partition coefficient (Wildman–Crippen LogP) is 3.02. The summed E-state index contributed by atoms with van der Waals surface area (Å²) in [6.45, 7) is 3.71. The molecule has 1 aliphatic heterocycles. The zero-order valence-electron chi connectivity index (χ0n) is 12.1. The van der Waals surface area contributed by atoms with Gasteiger partial charge in [-0.2, -0.15) is 0 Å². The first-order valence-corrected chi connectivity index (χ1v) is 7.77. The van der Waals surface area contributed by atoms with E-state index in [2.05, 4.69) is 35.3 Å². The molecular weight excluding hydrogens is 248 g/mol. The molecule has 0 amide bonds. The first-order valence-electron chi connectivity index (χ1n) is 7.77. The zero-order valence-corrected chi connectivity index (χ0v) is 12.1. The van der Waals surface area contributed by atoms with E-state index in [0.717, 1.165) is 26.1 Å². The van der Waals surface area contributed by atoms with Gasteiger partial charge < -0.3 is 10.5 Å². The molecule has 3 heteroatoms. The number of ether oxygens (including phenoxy) is 1. The maximum atomic E-state index is 6.19. The first-order chi connectivity index (χ1) is 9.90. The average Bonchev–Trinajstić information content (AvgIpc) is 2.46. The molecule has 0 saturated carbocycles. The third-order valence-corrected chi connectivity index (χ3v) is 4.22. The van der Waals surface area contributed by atoms with Crippen molar-refractivity contribution in [3.63, 3.8) is 0 Å². The van der Waals surface area contributed by atoms with Gasteiger partial charge in [-0.3, -0.25) is 4.90 Å². The summed E-state index contributed by atoms with van der Waals surface area (Å²) in [7, 11) is 0. The molecule has 1 heterocycles. The van der Waals surface area contributed by atoms with Crippen LogP contribution in [0.2, 0.25) is 0 Å².